The highest BCUT2D eigenvalue weighted by atomic mass is 32.2. The molecule has 6 heavy (non-hydrogen) atoms. The minimum Gasteiger partial charge on any atom is -0.314 e. The lowest BCUT2D eigenvalue weighted by molar-refractivity contribution is -0.0215. The van der Waals surface area contributed by atoms with E-state index in [9.17, 15) is 8.42 Å². The molecular weight excluding hydrogens is 108 g/mol. The van der Waals surface area contributed by atoms with Gasteiger partial charge in [-0.25, -0.2) is 0 Å². The third-order valence-electron chi connectivity index (χ3n) is 0.149. The molecule has 0 spiro atoms. The first kappa shape index (κ1) is 5.58. The van der Waals surface area contributed by atoms with Gasteiger partial charge in [0.2, 0.25) is 0 Å². The lowest BCUT2D eigenvalue weighted by atomic mass is 11.6. The van der Waals surface area contributed by atoms with E-state index in [1.54, 1.807) is 0 Å². The SMILES string of the molecule is O=S(=O)=[O+]CO. The predicted octanol–water partition coefficient (Wildman–Crippen LogP) is -1.30. The normalized spacial score (nSPS) is 7.50. The van der Waals surface area contributed by atoms with Crippen LogP contribution in [0.1, 0.15) is 0 Å². The van der Waals surface area contributed by atoms with E-state index in [4.69, 9.17) is 5.11 Å². The summed E-state index contributed by atoms with van der Waals surface area (Å²) in [6.45, 7) is -0.782. The van der Waals surface area contributed by atoms with E-state index in [1.807, 2.05) is 0 Å². The maximum Gasteiger partial charge on any atom is 0.627 e. The Labute approximate surface area is 35.8 Å². The average Bonchev–Trinajstić information content (AvgIpc) is 1.35. The minimum absolute atomic E-state index is 0.782. The number of aliphatic hydroxyl groups excluding tert-OH is 1. The number of rotatable bonds is 1. The molecule has 36 valence electrons. The molecule has 0 fully saturated rings. The second-order valence-corrected chi connectivity index (χ2v) is 1.10. The van der Waals surface area contributed by atoms with E-state index in [0.29, 0.717) is 0 Å². The van der Waals surface area contributed by atoms with Crippen LogP contribution in [0.15, 0.2) is 0 Å². The topological polar surface area (TPSA) is 65.7 Å². The van der Waals surface area contributed by atoms with E-state index >= 15 is 0 Å². The van der Waals surface area contributed by atoms with E-state index in [1.165, 1.54) is 0 Å². The molecule has 0 bridgehead atoms. The van der Waals surface area contributed by atoms with Gasteiger partial charge in [0, 0.05) is 0 Å². The van der Waals surface area contributed by atoms with Gasteiger partial charge in [-0.05, 0) is 0 Å². The monoisotopic (exact) mass is 111 g/mol. The van der Waals surface area contributed by atoms with Gasteiger partial charge >= 0.3 is 17.4 Å². The van der Waals surface area contributed by atoms with Gasteiger partial charge < -0.3 is 5.11 Å². The van der Waals surface area contributed by atoms with Gasteiger partial charge in [-0.15, -0.1) is 0 Å². The molecule has 0 aliphatic carbocycles. The molecule has 0 aromatic heterocycles. The van der Waals surface area contributed by atoms with Crippen LogP contribution in [0.5, 0.6) is 0 Å². The van der Waals surface area contributed by atoms with Crippen molar-refractivity contribution in [3.8, 4) is 0 Å². The maximum atomic E-state index is 9.22. The summed E-state index contributed by atoms with van der Waals surface area (Å²) in [6.07, 6.45) is 0. The first-order chi connectivity index (χ1) is 2.77. The quantitative estimate of drug-likeness (QED) is 0.337. The molecule has 0 aliphatic rings. The largest absolute Gasteiger partial charge is 0.627 e. The van der Waals surface area contributed by atoms with Gasteiger partial charge in [-0.1, -0.05) is 12.3 Å². The van der Waals surface area contributed by atoms with Gasteiger partial charge in [-0.3, -0.25) is 0 Å². The first-order valence-corrected chi connectivity index (χ1v) is 2.10. The third-order valence-corrected chi connectivity index (χ3v) is 0.447. The summed E-state index contributed by atoms with van der Waals surface area (Å²) in [4.78, 5) is 0. The number of hydrogen-bond acceptors (Lipinski definition) is 3. The van der Waals surface area contributed by atoms with Crippen molar-refractivity contribution in [3.63, 3.8) is 0 Å². The molecule has 0 heterocycles. The lowest BCUT2D eigenvalue weighted by Crippen LogP contribution is -1.75. The molecule has 0 aliphatic heterocycles. The van der Waals surface area contributed by atoms with E-state index in [0.717, 1.165) is 0 Å². The Bertz CT molecular complexity index is 122. The Morgan fingerprint density at radius 1 is 1.67 bits per heavy atom. The summed E-state index contributed by atoms with van der Waals surface area (Å²) in [6, 6.07) is 0. The van der Waals surface area contributed by atoms with Gasteiger partial charge in [0.25, 0.3) is 0 Å². The fourth-order valence-corrected chi connectivity index (χ4v) is 0.129. The fraction of sp³-hybridized carbons (Fsp3) is 1.00. The highest BCUT2D eigenvalue weighted by Gasteiger charge is 1.79. The molecule has 0 atom stereocenters. The van der Waals surface area contributed by atoms with Crippen molar-refractivity contribution >= 4 is 10.6 Å². The second kappa shape index (κ2) is 2.80. The van der Waals surface area contributed by atoms with Crippen LogP contribution in [-0.2, 0) is 14.4 Å². The van der Waals surface area contributed by atoms with Gasteiger partial charge in [0.1, 0.15) is 0 Å². The van der Waals surface area contributed by atoms with Crippen LogP contribution in [0.3, 0.4) is 0 Å². The zero-order chi connectivity index (χ0) is 4.99. The Morgan fingerprint density at radius 3 is 2.17 bits per heavy atom. The second-order valence-electron chi connectivity index (χ2n) is 0.451. The Morgan fingerprint density at radius 2 is 2.17 bits per heavy atom. The molecule has 0 rings (SSSR count). The van der Waals surface area contributed by atoms with Crippen molar-refractivity contribution in [3.05, 3.63) is 0 Å². The van der Waals surface area contributed by atoms with Crippen LogP contribution in [-0.4, -0.2) is 20.3 Å². The summed E-state index contributed by atoms with van der Waals surface area (Å²) in [5.41, 5.74) is 0. The van der Waals surface area contributed by atoms with Gasteiger partial charge in [-0.2, -0.15) is 0 Å². The maximum absolute atomic E-state index is 9.22. The van der Waals surface area contributed by atoms with Crippen molar-refractivity contribution in [1.82, 2.24) is 0 Å². The van der Waals surface area contributed by atoms with Crippen LogP contribution in [0.25, 0.3) is 0 Å². The predicted molar refractivity (Wildman–Crippen MR) is 16.7 cm³/mol. The van der Waals surface area contributed by atoms with Crippen molar-refractivity contribution in [2.45, 2.75) is 0 Å². The third kappa shape index (κ3) is 3.58. The van der Waals surface area contributed by atoms with Crippen LogP contribution in [0, 0.1) is 0 Å². The summed E-state index contributed by atoms with van der Waals surface area (Å²) >= 11 is 0. The van der Waals surface area contributed by atoms with Crippen LogP contribution in [0.4, 0.5) is 0 Å². The summed E-state index contributed by atoms with van der Waals surface area (Å²) in [5, 5.41) is 7.62. The van der Waals surface area contributed by atoms with Crippen LogP contribution in [0.2, 0.25) is 0 Å². The van der Waals surface area contributed by atoms with Gasteiger partial charge in [0.05, 0.1) is 0 Å². The Balaban J connectivity index is 3.78. The van der Waals surface area contributed by atoms with Crippen molar-refractivity contribution in [2.24, 2.45) is 0 Å². The van der Waals surface area contributed by atoms with Crippen molar-refractivity contribution in [2.75, 3.05) is 6.79 Å². The zero-order valence-corrected chi connectivity index (χ0v) is 3.60. The molecule has 0 unspecified atom stereocenters. The Kier molecular flexibility index (Phi) is 2.60. The van der Waals surface area contributed by atoms with Crippen molar-refractivity contribution in [1.29, 1.82) is 0 Å². The molecule has 0 amide bonds. The molecule has 5 heteroatoms. The molecule has 0 radical (unpaired) electrons. The molecule has 0 aromatic rings. The molecule has 0 aromatic carbocycles. The highest BCUT2D eigenvalue weighted by molar-refractivity contribution is 7.59. The molecule has 4 nitrogen and oxygen atoms in total. The van der Waals surface area contributed by atoms with E-state index in [-0.39, 0.29) is 0 Å². The standard InChI is InChI=1S/CH3O4S/c2-1-5-6(3)4/h2H,1H2/q+1. The highest BCUT2D eigenvalue weighted by Crippen LogP contribution is 1.43. The lowest BCUT2D eigenvalue weighted by Gasteiger charge is -1.47. The van der Waals surface area contributed by atoms with Crippen molar-refractivity contribution < 1.29 is 17.4 Å². The molecule has 0 saturated carbocycles. The van der Waals surface area contributed by atoms with Gasteiger partial charge in [0.15, 0.2) is 0 Å². The van der Waals surface area contributed by atoms with E-state index < -0.39 is 17.4 Å². The number of hydrogen-bond donors (Lipinski definition) is 1. The summed E-state index contributed by atoms with van der Waals surface area (Å²) in [5.74, 6) is 0. The Hall–Kier alpha value is -0.420. The zero-order valence-electron chi connectivity index (χ0n) is 2.79. The van der Waals surface area contributed by atoms with Crippen LogP contribution >= 0.6 is 0 Å². The summed E-state index contributed by atoms with van der Waals surface area (Å²) < 4.78 is 21.9. The molecular formula is CH3O4S+. The minimum atomic E-state index is -2.57. The summed E-state index contributed by atoms with van der Waals surface area (Å²) in [7, 11) is -2.57. The van der Waals surface area contributed by atoms with Crippen LogP contribution < -0.4 is 0 Å². The molecule has 0 saturated heterocycles. The number of aliphatic hydroxyl groups is 1. The first-order valence-electron chi connectivity index (χ1n) is 1.10. The fourth-order valence-electron chi connectivity index (χ4n) is 0.0430. The molecule has 1 N–H and O–H groups in total. The smallest absolute Gasteiger partial charge is 0.314 e. The van der Waals surface area contributed by atoms with E-state index in [2.05, 4.69) is 3.84 Å². The average molecular weight is 111 g/mol.